The molecule has 0 radical (unpaired) electrons. The maximum absolute atomic E-state index is 11.9. The van der Waals surface area contributed by atoms with Crippen LogP contribution < -0.4 is 4.74 Å². The lowest BCUT2D eigenvalue weighted by atomic mass is 9.95. The minimum absolute atomic E-state index is 0.177. The molecule has 2 N–H and O–H groups in total. The molecule has 5 rings (SSSR count). The van der Waals surface area contributed by atoms with E-state index in [2.05, 4.69) is 25.6 Å². The summed E-state index contributed by atoms with van der Waals surface area (Å²) in [4.78, 5) is 16.5. The number of hydrogen-bond acceptors (Lipinski definition) is 6. The zero-order chi connectivity index (χ0) is 22.8. The average Bonchev–Trinajstić information content (AvgIpc) is 3.48. The van der Waals surface area contributed by atoms with Crippen LogP contribution in [0.5, 0.6) is 6.01 Å². The highest BCUT2D eigenvalue weighted by Gasteiger charge is 2.20. The summed E-state index contributed by atoms with van der Waals surface area (Å²) in [7, 11) is 0. The van der Waals surface area contributed by atoms with Gasteiger partial charge in [0.1, 0.15) is 0 Å². The molecule has 9 heteroatoms. The molecule has 2 heterocycles. The summed E-state index contributed by atoms with van der Waals surface area (Å²) in [6.07, 6.45) is 0. The van der Waals surface area contributed by atoms with Crippen LogP contribution in [0.2, 0.25) is 0 Å². The Labute approximate surface area is 188 Å². The number of para-hydroxylation sites is 1. The van der Waals surface area contributed by atoms with Gasteiger partial charge in [-0.05, 0) is 41.0 Å². The fourth-order valence-electron chi connectivity index (χ4n) is 4.00. The molecule has 0 amide bonds. The molecule has 3 aromatic carbocycles. The topological polar surface area (TPSA) is 119 Å². The molecular weight excluding hydrogens is 420 g/mol. The number of aromatic nitrogens is 6. The lowest BCUT2D eigenvalue weighted by molar-refractivity contribution is 0.0698. The number of ether oxygens (including phenoxy) is 1. The van der Waals surface area contributed by atoms with Crippen LogP contribution in [-0.2, 0) is 6.54 Å². The standard InChI is InChI=1S/C24H20N6O3/c1-2-33-24-25-20-13-7-12-19(23(31)32)21(20)30(24)14-15-8-3-4-9-16(15)17-10-5-6-11-18(17)22-26-28-29-27-22/h3-13H,2,14H2,1H3,(H,31,32)(H,26,27,28,29). The van der Waals surface area contributed by atoms with Crippen LogP contribution in [0.15, 0.2) is 66.7 Å². The Kier molecular flexibility index (Phi) is 5.27. The summed E-state index contributed by atoms with van der Waals surface area (Å²) < 4.78 is 7.60. The summed E-state index contributed by atoms with van der Waals surface area (Å²) in [5.74, 6) is -0.516. The van der Waals surface area contributed by atoms with Gasteiger partial charge < -0.3 is 9.84 Å². The van der Waals surface area contributed by atoms with E-state index in [1.165, 1.54) is 0 Å². The van der Waals surface area contributed by atoms with Gasteiger partial charge in [-0.25, -0.2) is 4.79 Å². The van der Waals surface area contributed by atoms with Crippen LogP contribution in [0.25, 0.3) is 33.5 Å². The summed E-state index contributed by atoms with van der Waals surface area (Å²) in [5, 5.41) is 24.3. The normalized spacial score (nSPS) is 11.1. The van der Waals surface area contributed by atoms with Crippen molar-refractivity contribution >= 4 is 17.0 Å². The maximum Gasteiger partial charge on any atom is 0.337 e. The van der Waals surface area contributed by atoms with Gasteiger partial charge in [0.15, 0.2) is 0 Å². The van der Waals surface area contributed by atoms with Gasteiger partial charge in [-0.3, -0.25) is 4.57 Å². The predicted octanol–water partition coefficient (Wildman–Crippen LogP) is 4.03. The number of fused-ring (bicyclic) bond motifs is 1. The molecule has 164 valence electrons. The molecule has 2 aromatic heterocycles. The fraction of sp³-hybridized carbons (Fsp3) is 0.125. The first kappa shape index (κ1) is 20.4. The third-order valence-corrected chi connectivity index (χ3v) is 5.38. The van der Waals surface area contributed by atoms with Crippen molar-refractivity contribution < 1.29 is 14.6 Å². The average molecular weight is 440 g/mol. The van der Waals surface area contributed by atoms with Crippen LogP contribution in [0.4, 0.5) is 0 Å². The van der Waals surface area contributed by atoms with Crippen LogP contribution in [0.3, 0.4) is 0 Å². The fourth-order valence-corrected chi connectivity index (χ4v) is 4.00. The number of hydrogen-bond donors (Lipinski definition) is 2. The molecule has 0 atom stereocenters. The monoisotopic (exact) mass is 440 g/mol. The summed E-state index contributed by atoms with van der Waals surface area (Å²) >= 11 is 0. The van der Waals surface area contributed by atoms with Crippen molar-refractivity contribution in [3.05, 3.63) is 77.9 Å². The first-order valence-electron chi connectivity index (χ1n) is 10.4. The van der Waals surface area contributed by atoms with Gasteiger partial charge in [0.25, 0.3) is 6.01 Å². The maximum atomic E-state index is 11.9. The van der Waals surface area contributed by atoms with Gasteiger partial charge in [0, 0.05) is 5.56 Å². The zero-order valence-corrected chi connectivity index (χ0v) is 17.8. The third kappa shape index (κ3) is 3.69. The quantitative estimate of drug-likeness (QED) is 0.392. The number of aromatic amines is 1. The van der Waals surface area contributed by atoms with Gasteiger partial charge in [0.2, 0.25) is 5.82 Å². The third-order valence-electron chi connectivity index (χ3n) is 5.38. The number of tetrazole rings is 1. The number of imidazole rings is 1. The Balaban J connectivity index is 1.68. The van der Waals surface area contributed by atoms with E-state index in [0.717, 1.165) is 22.3 Å². The van der Waals surface area contributed by atoms with E-state index in [0.29, 0.717) is 36.0 Å². The Bertz CT molecular complexity index is 1440. The molecule has 0 saturated carbocycles. The number of H-pyrrole nitrogens is 1. The second kappa shape index (κ2) is 8.54. The molecule has 0 fully saturated rings. The minimum Gasteiger partial charge on any atom is -0.478 e. The van der Waals surface area contributed by atoms with E-state index in [1.807, 2.05) is 60.0 Å². The van der Waals surface area contributed by atoms with E-state index < -0.39 is 5.97 Å². The summed E-state index contributed by atoms with van der Waals surface area (Å²) in [6.45, 7) is 2.65. The molecule has 5 aromatic rings. The number of nitrogens with zero attached hydrogens (tertiary/aromatic N) is 5. The van der Waals surface area contributed by atoms with Crippen molar-refractivity contribution in [2.75, 3.05) is 6.61 Å². The number of benzene rings is 3. The smallest absolute Gasteiger partial charge is 0.337 e. The van der Waals surface area contributed by atoms with E-state index in [1.54, 1.807) is 18.2 Å². The second-order valence-electron chi connectivity index (χ2n) is 7.33. The highest BCUT2D eigenvalue weighted by Crippen LogP contribution is 2.34. The Morgan fingerprint density at radius 3 is 2.48 bits per heavy atom. The zero-order valence-electron chi connectivity index (χ0n) is 17.8. The minimum atomic E-state index is -1.01. The Hall–Kier alpha value is -4.53. The Morgan fingerprint density at radius 1 is 1.00 bits per heavy atom. The van der Waals surface area contributed by atoms with Gasteiger partial charge in [0.05, 0.1) is 29.7 Å². The molecule has 0 unspecified atom stereocenters. The lowest BCUT2D eigenvalue weighted by Gasteiger charge is -2.15. The highest BCUT2D eigenvalue weighted by atomic mass is 16.5. The van der Waals surface area contributed by atoms with Gasteiger partial charge >= 0.3 is 5.97 Å². The molecule has 0 aliphatic rings. The first-order chi connectivity index (χ1) is 16.2. The largest absolute Gasteiger partial charge is 0.478 e. The van der Waals surface area contributed by atoms with E-state index in [9.17, 15) is 9.90 Å². The molecule has 33 heavy (non-hydrogen) atoms. The molecule has 0 aliphatic carbocycles. The van der Waals surface area contributed by atoms with E-state index in [4.69, 9.17) is 4.74 Å². The Morgan fingerprint density at radius 2 is 1.76 bits per heavy atom. The summed E-state index contributed by atoms with van der Waals surface area (Å²) in [5.41, 5.74) is 4.98. The summed E-state index contributed by atoms with van der Waals surface area (Å²) in [6, 6.07) is 21.2. The highest BCUT2D eigenvalue weighted by molar-refractivity contribution is 6.01. The number of carbonyl (C=O) groups is 1. The van der Waals surface area contributed by atoms with Crippen molar-refractivity contribution in [3.63, 3.8) is 0 Å². The molecular formula is C24H20N6O3. The van der Waals surface area contributed by atoms with Crippen molar-refractivity contribution in [1.29, 1.82) is 0 Å². The molecule has 0 aliphatic heterocycles. The lowest BCUT2D eigenvalue weighted by Crippen LogP contribution is -2.08. The number of nitrogens with one attached hydrogen (secondary N) is 1. The SMILES string of the molecule is CCOc1nc2cccc(C(=O)O)c2n1Cc1ccccc1-c1ccccc1-c1nn[nH]n1. The van der Waals surface area contributed by atoms with Crippen LogP contribution >= 0.6 is 0 Å². The molecule has 0 bridgehead atoms. The molecule has 9 nitrogen and oxygen atoms in total. The van der Waals surface area contributed by atoms with Crippen LogP contribution in [0, 0.1) is 0 Å². The van der Waals surface area contributed by atoms with Crippen molar-refractivity contribution in [1.82, 2.24) is 30.2 Å². The second-order valence-corrected chi connectivity index (χ2v) is 7.33. The van der Waals surface area contributed by atoms with E-state index in [-0.39, 0.29) is 5.56 Å². The molecule has 0 spiro atoms. The van der Waals surface area contributed by atoms with Crippen molar-refractivity contribution in [3.8, 4) is 28.5 Å². The van der Waals surface area contributed by atoms with Crippen molar-refractivity contribution in [2.24, 2.45) is 0 Å². The van der Waals surface area contributed by atoms with Gasteiger partial charge in [-0.1, -0.05) is 54.6 Å². The number of carboxylic acid groups (broad SMARTS) is 1. The number of rotatable bonds is 7. The van der Waals surface area contributed by atoms with E-state index >= 15 is 0 Å². The number of aromatic carboxylic acids is 1. The number of carboxylic acids is 1. The first-order valence-corrected chi connectivity index (χ1v) is 10.4. The van der Waals surface area contributed by atoms with Crippen LogP contribution in [-0.4, -0.2) is 47.9 Å². The molecule has 0 saturated heterocycles. The predicted molar refractivity (Wildman–Crippen MR) is 122 cm³/mol. The van der Waals surface area contributed by atoms with Gasteiger partial charge in [-0.2, -0.15) is 10.2 Å². The van der Waals surface area contributed by atoms with Crippen LogP contribution in [0.1, 0.15) is 22.8 Å². The van der Waals surface area contributed by atoms with Gasteiger partial charge in [-0.15, -0.1) is 10.2 Å². The van der Waals surface area contributed by atoms with Crippen molar-refractivity contribution in [2.45, 2.75) is 13.5 Å².